The van der Waals surface area contributed by atoms with Crippen molar-refractivity contribution >= 4 is 0 Å². The first-order valence-corrected chi connectivity index (χ1v) is 11.3. The van der Waals surface area contributed by atoms with Gasteiger partial charge < -0.3 is 0 Å². The van der Waals surface area contributed by atoms with Gasteiger partial charge in [0.1, 0.15) is 0 Å². The molecule has 168 valence electrons. The lowest BCUT2D eigenvalue weighted by Gasteiger charge is -2.33. The Labute approximate surface area is 196 Å². The van der Waals surface area contributed by atoms with Gasteiger partial charge in [0, 0.05) is 63.6 Å². The number of rotatable bonds is 11. The highest BCUT2D eigenvalue weighted by atomic mass is 15.2. The predicted octanol–water partition coefficient (Wildman–Crippen LogP) is 4.36. The average molecular weight is 439 g/mol. The van der Waals surface area contributed by atoms with E-state index in [1.54, 1.807) is 0 Å². The molecule has 0 saturated carbocycles. The predicted molar refractivity (Wildman–Crippen MR) is 130 cm³/mol. The van der Waals surface area contributed by atoms with Gasteiger partial charge in [-0.1, -0.05) is 24.3 Å². The van der Waals surface area contributed by atoms with E-state index in [1.165, 1.54) is 0 Å². The van der Waals surface area contributed by atoms with Crippen molar-refractivity contribution in [3.63, 3.8) is 0 Å². The first-order valence-electron chi connectivity index (χ1n) is 11.3. The van der Waals surface area contributed by atoms with Crippen LogP contribution in [0.3, 0.4) is 0 Å². The van der Waals surface area contributed by atoms with E-state index in [4.69, 9.17) is 0 Å². The highest BCUT2D eigenvalue weighted by Gasteiger charge is 2.20. The fraction of sp³-hybridized carbons (Fsp3) is 0.259. The molecule has 0 unspecified atom stereocenters. The van der Waals surface area contributed by atoms with Crippen LogP contribution in [0.25, 0.3) is 0 Å². The summed E-state index contributed by atoms with van der Waals surface area (Å²) in [6, 6.07) is 24.6. The molecule has 0 aliphatic rings. The van der Waals surface area contributed by atoms with Gasteiger partial charge in [0.2, 0.25) is 0 Å². The first-order chi connectivity index (χ1) is 16.3. The molecule has 0 aliphatic carbocycles. The summed E-state index contributed by atoms with van der Waals surface area (Å²) in [7, 11) is 0. The van der Waals surface area contributed by atoms with Crippen molar-refractivity contribution < 1.29 is 0 Å². The van der Waals surface area contributed by atoms with E-state index in [2.05, 4.69) is 60.9 Å². The monoisotopic (exact) mass is 438 g/mol. The van der Waals surface area contributed by atoms with E-state index in [9.17, 15) is 0 Å². The Morgan fingerprint density at radius 2 is 0.909 bits per heavy atom. The van der Waals surface area contributed by atoms with Gasteiger partial charge in [-0.25, -0.2) is 0 Å². The fourth-order valence-corrected chi connectivity index (χ4v) is 3.88. The average Bonchev–Trinajstić information content (AvgIpc) is 2.86. The molecule has 0 amide bonds. The van der Waals surface area contributed by atoms with Crippen LogP contribution in [0.2, 0.25) is 0 Å². The number of pyridine rings is 4. The smallest absolute Gasteiger partial charge is 0.0544 e. The summed E-state index contributed by atoms with van der Waals surface area (Å²) in [6.07, 6.45) is 7.42. The molecule has 0 spiro atoms. The Kier molecular flexibility index (Phi) is 8.22. The minimum absolute atomic E-state index is 0.265. The lowest BCUT2D eigenvalue weighted by molar-refractivity contribution is 0.123. The summed E-state index contributed by atoms with van der Waals surface area (Å²) in [5.74, 6) is 0. The van der Waals surface area contributed by atoms with Crippen LogP contribution in [-0.4, -0.2) is 42.3 Å². The van der Waals surface area contributed by atoms with E-state index in [1.807, 2.05) is 73.3 Å². The molecule has 0 aromatic carbocycles. The lowest BCUT2D eigenvalue weighted by Crippen LogP contribution is -2.41. The molecule has 0 aliphatic heterocycles. The molecule has 6 nitrogen and oxygen atoms in total. The van der Waals surface area contributed by atoms with Crippen molar-refractivity contribution in [1.29, 1.82) is 0 Å². The summed E-state index contributed by atoms with van der Waals surface area (Å²) in [5, 5.41) is 0. The Bertz CT molecular complexity index is 978. The summed E-state index contributed by atoms with van der Waals surface area (Å²) < 4.78 is 0. The molecule has 6 heteroatoms. The van der Waals surface area contributed by atoms with Crippen molar-refractivity contribution in [3.8, 4) is 0 Å². The third-order valence-corrected chi connectivity index (χ3v) is 5.55. The third kappa shape index (κ3) is 7.27. The van der Waals surface area contributed by atoms with Crippen molar-refractivity contribution in [2.24, 2.45) is 0 Å². The molecule has 0 fully saturated rings. The van der Waals surface area contributed by atoms with E-state index < -0.39 is 0 Å². The molecule has 1 atom stereocenters. The first kappa shape index (κ1) is 22.7. The van der Waals surface area contributed by atoms with Crippen LogP contribution in [-0.2, 0) is 26.2 Å². The van der Waals surface area contributed by atoms with Crippen LogP contribution in [0.1, 0.15) is 29.7 Å². The van der Waals surface area contributed by atoms with E-state index >= 15 is 0 Å². The summed E-state index contributed by atoms with van der Waals surface area (Å²) in [4.78, 5) is 23.1. The molecule has 4 rings (SSSR count). The van der Waals surface area contributed by atoms with Crippen LogP contribution in [0.4, 0.5) is 0 Å². The zero-order chi connectivity index (χ0) is 22.7. The Morgan fingerprint density at radius 1 is 0.545 bits per heavy atom. The SMILES string of the molecule is C[C@@H](CN(Cc1ccccn1)Cc1ccccn1)N(Cc1ccccn1)Cc1ccccn1. The van der Waals surface area contributed by atoms with Crippen molar-refractivity contribution in [2.75, 3.05) is 6.54 Å². The van der Waals surface area contributed by atoms with Gasteiger partial charge in [0.05, 0.1) is 22.8 Å². The molecule has 4 aromatic rings. The van der Waals surface area contributed by atoms with Gasteiger partial charge in [-0.2, -0.15) is 0 Å². The second-order valence-electron chi connectivity index (χ2n) is 8.21. The van der Waals surface area contributed by atoms with Gasteiger partial charge in [-0.15, -0.1) is 0 Å². The van der Waals surface area contributed by atoms with Crippen LogP contribution in [0.5, 0.6) is 0 Å². The van der Waals surface area contributed by atoms with Gasteiger partial charge in [0.15, 0.2) is 0 Å². The van der Waals surface area contributed by atoms with Gasteiger partial charge in [0.25, 0.3) is 0 Å². The molecular weight excluding hydrogens is 408 g/mol. The quantitative estimate of drug-likeness (QED) is 0.347. The Hall–Kier alpha value is -3.48. The summed E-state index contributed by atoms with van der Waals surface area (Å²) in [5.41, 5.74) is 4.23. The van der Waals surface area contributed by atoms with E-state index in [0.717, 1.165) is 55.5 Å². The summed E-state index contributed by atoms with van der Waals surface area (Å²) >= 11 is 0. The minimum Gasteiger partial charge on any atom is -0.290 e. The molecule has 33 heavy (non-hydrogen) atoms. The summed E-state index contributed by atoms with van der Waals surface area (Å²) in [6.45, 7) is 6.20. The molecule has 0 N–H and O–H groups in total. The highest BCUT2D eigenvalue weighted by Crippen LogP contribution is 2.15. The number of aromatic nitrogens is 4. The van der Waals surface area contributed by atoms with Crippen molar-refractivity contribution in [3.05, 3.63) is 120 Å². The molecule has 0 saturated heterocycles. The molecule has 4 aromatic heterocycles. The Morgan fingerprint density at radius 3 is 1.24 bits per heavy atom. The lowest BCUT2D eigenvalue weighted by atomic mass is 10.2. The third-order valence-electron chi connectivity index (χ3n) is 5.55. The van der Waals surface area contributed by atoms with Crippen molar-refractivity contribution in [2.45, 2.75) is 39.1 Å². The van der Waals surface area contributed by atoms with Crippen molar-refractivity contribution in [1.82, 2.24) is 29.7 Å². The van der Waals surface area contributed by atoms with Gasteiger partial charge in [-0.05, 0) is 55.5 Å². The molecule has 0 radical (unpaired) electrons. The van der Waals surface area contributed by atoms with E-state index in [-0.39, 0.29) is 6.04 Å². The largest absolute Gasteiger partial charge is 0.290 e. The maximum Gasteiger partial charge on any atom is 0.0544 e. The number of nitrogens with zero attached hydrogens (tertiary/aromatic N) is 6. The zero-order valence-electron chi connectivity index (χ0n) is 19.0. The maximum atomic E-state index is 4.56. The number of hydrogen-bond donors (Lipinski definition) is 0. The highest BCUT2D eigenvalue weighted by molar-refractivity contribution is 5.08. The second-order valence-corrected chi connectivity index (χ2v) is 8.21. The van der Waals surface area contributed by atoms with Crippen LogP contribution >= 0.6 is 0 Å². The molecular formula is C27H30N6. The Balaban J connectivity index is 1.52. The second kappa shape index (κ2) is 11.9. The van der Waals surface area contributed by atoms with E-state index in [0.29, 0.717) is 0 Å². The fourth-order valence-electron chi connectivity index (χ4n) is 3.88. The van der Waals surface area contributed by atoms with Crippen LogP contribution in [0, 0.1) is 0 Å². The minimum atomic E-state index is 0.265. The number of hydrogen-bond acceptors (Lipinski definition) is 6. The van der Waals surface area contributed by atoms with Gasteiger partial charge in [-0.3, -0.25) is 29.7 Å². The zero-order valence-corrected chi connectivity index (χ0v) is 19.0. The normalized spacial score (nSPS) is 12.2. The van der Waals surface area contributed by atoms with Crippen LogP contribution < -0.4 is 0 Å². The van der Waals surface area contributed by atoms with Crippen LogP contribution in [0.15, 0.2) is 97.6 Å². The maximum absolute atomic E-state index is 4.56. The van der Waals surface area contributed by atoms with Gasteiger partial charge >= 0.3 is 0 Å². The molecule has 4 heterocycles. The topological polar surface area (TPSA) is 58.0 Å². The molecule has 0 bridgehead atoms. The standard InChI is InChI=1S/C27H30N6/c1-23(33(21-26-12-4-8-16-30-26)22-27-13-5-9-17-31-27)18-32(19-24-10-2-6-14-28-24)20-25-11-3-7-15-29-25/h2-17,23H,18-22H2,1H3/t23-/m0/s1.